The first kappa shape index (κ1) is 15.1. The van der Waals surface area contributed by atoms with E-state index in [0.717, 1.165) is 19.3 Å². The van der Waals surface area contributed by atoms with Crippen LogP contribution in [-0.4, -0.2) is 11.8 Å². The molecule has 0 spiro atoms. The van der Waals surface area contributed by atoms with E-state index in [0.29, 0.717) is 19.3 Å². The molecule has 3 nitrogen and oxygen atoms in total. The third-order valence-electron chi connectivity index (χ3n) is 2.78. The Morgan fingerprint density at radius 3 is 2.06 bits per heavy atom. The third-order valence-corrected chi connectivity index (χ3v) is 2.78. The first-order chi connectivity index (χ1) is 7.63. The summed E-state index contributed by atoms with van der Waals surface area (Å²) in [4.78, 5) is 22.3. The zero-order valence-electron chi connectivity index (χ0n) is 10.5. The molecule has 0 saturated heterocycles. The van der Waals surface area contributed by atoms with E-state index in [9.17, 15) is 14.7 Å². The zero-order valence-corrected chi connectivity index (χ0v) is 10.5. The van der Waals surface area contributed by atoms with Gasteiger partial charge in [-0.2, -0.15) is 0 Å². The number of Topliss-reactive ketones (excluding diaryl/α,β-unsaturated/α-hetero) is 1. The second-order valence-electron chi connectivity index (χ2n) is 4.29. The molecule has 0 aliphatic heterocycles. The minimum absolute atomic E-state index is 0.154. The molecule has 1 atom stereocenters. The molecule has 0 aliphatic rings. The molecule has 0 aromatic rings. The summed E-state index contributed by atoms with van der Waals surface area (Å²) in [7, 11) is 0. The average Bonchev–Trinajstić information content (AvgIpc) is 2.24. The van der Waals surface area contributed by atoms with Crippen LogP contribution in [0.2, 0.25) is 0 Å². The monoisotopic (exact) mass is 227 g/mol. The standard InChI is InChI=1S/C13H23O3/c1-3-5-6-7-8-10-12(14)11(9-4-2)13(15)16/h11H,3-10H2,1-2H3. The van der Waals surface area contributed by atoms with Crippen molar-refractivity contribution in [3.05, 3.63) is 0 Å². The Morgan fingerprint density at radius 2 is 1.56 bits per heavy atom. The second kappa shape index (κ2) is 9.37. The highest BCUT2D eigenvalue weighted by atomic mass is 16.4. The van der Waals surface area contributed by atoms with Crippen LogP contribution in [0.3, 0.4) is 0 Å². The Balaban J connectivity index is 3.79. The van der Waals surface area contributed by atoms with Gasteiger partial charge in [0.05, 0.1) is 0 Å². The van der Waals surface area contributed by atoms with Crippen LogP contribution >= 0.6 is 0 Å². The van der Waals surface area contributed by atoms with E-state index < -0.39 is 11.9 Å². The number of ketones is 1. The fraction of sp³-hybridized carbons (Fsp3) is 0.846. The van der Waals surface area contributed by atoms with Crippen molar-refractivity contribution in [3.63, 3.8) is 0 Å². The Bertz CT molecular complexity index is 211. The lowest BCUT2D eigenvalue weighted by Gasteiger charge is -2.08. The maximum absolute atomic E-state index is 11.6. The van der Waals surface area contributed by atoms with Gasteiger partial charge in [0.25, 0.3) is 0 Å². The summed E-state index contributed by atoms with van der Waals surface area (Å²) in [6.45, 7) is 4.02. The molecule has 0 aromatic heterocycles. The topological polar surface area (TPSA) is 54.0 Å². The van der Waals surface area contributed by atoms with Crippen LogP contribution in [0.25, 0.3) is 0 Å². The number of hydrogen-bond donors (Lipinski definition) is 0. The lowest BCUT2D eigenvalue weighted by Crippen LogP contribution is -2.22. The van der Waals surface area contributed by atoms with Crippen LogP contribution < -0.4 is 0 Å². The van der Waals surface area contributed by atoms with Crippen molar-refractivity contribution in [2.24, 2.45) is 5.92 Å². The molecular formula is C13H23O3. The summed E-state index contributed by atoms with van der Waals surface area (Å²) in [6, 6.07) is 0. The number of hydrogen-bond acceptors (Lipinski definition) is 2. The van der Waals surface area contributed by atoms with Gasteiger partial charge in [0.1, 0.15) is 11.7 Å². The summed E-state index contributed by atoms with van der Waals surface area (Å²) in [5.74, 6) is -2.24. The molecular weight excluding hydrogens is 204 g/mol. The van der Waals surface area contributed by atoms with Gasteiger partial charge in [-0.25, -0.2) is 9.90 Å². The van der Waals surface area contributed by atoms with E-state index in [1.165, 1.54) is 12.8 Å². The molecule has 1 radical (unpaired) electrons. The van der Waals surface area contributed by atoms with E-state index in [4.69, 9.17) is 0 Å². The molecule has 16 heavy (non-hydrogen) atoms. The minimum atomic E-state index is -1.21. The predicted molar refractivity (Wildman–Crippen MR) is 62.5 cm³/mol. The van der Waals surface area contributed by atoms with Gasteiger partial charge in [-0.15, -0.1) is 0 Å². The molecule has 93 valence electrons. The molecule has 0 heterocycles. The van der Waals surface area contributed by atoms with Gasteiger partial charge in [0.2, 0.25) is 0 Å². The van der Waals surface area contributed by atoms with Gasteiger partial charge in [0, 0.05) is 6.42 Å². The van der Waals surface area contributed by atoms with Gasteiger partial charge in [-0.1, -0.05) is 46.0 Å². The van der Waals surface area contributed by atoms with E-state index in [1.54, 1.807) is 0 Å². The van der Waals surface area contributed by atoms with Crippen LogP contribution in [0.4, 0.5) is 0 Å². The second-order valence-corrected chi connectivity index (χ2v) is 4.29. The van der Waals surface area contributed by atoms with Crippen molar-refractivity contribution in [3.8, 4) is 0 Å². The summed E-state index contributed by atoms with van der Waals surface area (Å²) < 4.78 is 0. The predicted octanol–water partition coefficient (Wildman–Crippen LogP) is 3.29. The van der Waals surface area contributed by atoms with Crippen molar-refractivity contribution in [2.75, 3.05) is 0 Å². The maximum atomic E-state index is 11.6. The largest absolute Gasteiger partial charge is 0.365 e. The van der Waals surface area contributed by atoms with E-state index in [1.807, 2.05) is 6.92 Å². The quantitative estimate of drug-likeness (QED) is 0.425. The molecule has 1 unspecified atom stereocenters. The number of carbonyl (C=O) groups is 2. The van der Waals surface area contributed by atoms with Crippen LogP contribution in [0.1, 0.15) is 65.2 Å². The highest BCUT2D eigenvalue weighted by Gasteiger charge is 2.25. The van der Waals surface area contributed by atoms with Crippen molar-refractivity contribution in [1.29, 1.82) is 0 Å². The lowest BCUT2D eigenvalue weighted by atomic mass is 9.95. The molecule has 0 aliphatic carbocycles. The van der Waals surface area contributed by atoms with Gasteiger partial charge < -0.3 is 0 Å². The molecule has 0 amide bonds. The van der Waals surface area contributed by atoms with Gasteiger partial charge in [-0.3, -0.25) is 4.79 Å². The van der Waals surface area contributed by atoms with E-state index >= 15 is 0 Å². The number of unbranched alkanes of at least 4 members (excludes halogenated alkanes) is 4. The van der Waals surface area contributed by atoms with Crippen molar-refractivity contribution in [1.82, 2.24) is 0 Å². The Labute approximate surface area is 98.2 Å². The average molecular weight is 227 g/mol. The fourth-order valence-electron chi connectivity index (χ4n) is 1.78. The normalized spacial score (nSPS) is 12.4. The Hall–Kier alpha value is -0.860. The van der Waals surface area contributed by atoms with Crippen LogP contribution in [0.5, 0.6) is 0 Å². The van der Waals surface area contributed by atoms with Crippen LogP contribution in [0, 0.1) is 5.92 Å². The van der Waals surface area contributed by atoms with Gasteiger partial charge in [-0.05, 0) is 12.8 Å². The van der Waals surface area contributed by atoms with Crippen molar-refractivity contribution < 1.29 is 14.7 Å². The smallest absolute Gasteiger partial charge is 0.299 e. The minimum Gasteiger partial charge on any atom is -0.299 e. The molecule has 0 saturated carbocycles. The number of rotatable bonds is 10. The first-order valence-corrected chi connectivity index (χ1v) is 6.37. The third kappa shape index (κ3) is 6.59. The summed E-state index contributed by atoms with van der Waals surface area (Å²) >= 11 is 0. The fourth-order valence-corrected chi connectivity index (χ4v) is 1.78. The van der Waals surface area contributed by atoms with Crippen LogP contribution in [0.15, 0.2) is 0 Å². The molecule has 0 bridgehead atoms. The Kier molecular flexibility index (Phi) is 8.87. The number of carbonyl (C=O) groups excluding carboxylic acids is 2. The molecule has 3 heteroatoms. The van der Waals surface area contributed by atoms with Gasteiger partial charge >= 0.3 is 5.97 Å². The molecule has 0 N–H and O–H groups in total. The highest BCUT2D eigenvalue weighted by molar-refractivity contribution is 5.97. The van der Waals surface area contributed by atoms with Crippen molar-refractivity contribution in [2.45, 2.75) is 65.2 Å². The zero-order chi connectivity index (χ0) is 12.4. The molecule has 0 fully saturated rings. The summed E-state index contributed by atoms with van der Waals surface area (Å²) in [5, 5.41) is 10.7. The molecule has 0 rings (SSSR count). The SMILES string of the molecule is CCCCCCCC(=O)C(CCC)C([O])=O. The van der Waals surface area contributed by atoms with Crippen molar-refractivity contribution >= 4 is 11.8 Å². The Morgan fingerprint density at radius 1 is 0.938 bits per heavy atom. The van der Waals surface area contributed by atoms with Crippen LogP contribution in [-0.2, 0) is 14.7 Å². The maximum Gasteiger partial charge on any atom is 0.365 e. The van der Waals surface area contributed by atoms with Gasteiger partial charge in [0.15, 0.2) is 0 Å². The molecule has 0 aromatic carbocycles. The lowest BCUT2D eigenvalue weighted by molar-refractivity contribution is -0.152. The summed E-state index contributed by atoms with van der Waals surface area (Å²) in [5.41, 5.74) is 0. The highest BCUT2D eigenvalue weighted by Crippen LogP contribution is 2.14. The summed E-state index contributed by atoms with van der Waals surface area (Å²) in [6.07, 6.45) is 6.84. The van der Waals surface area contributed by atoms with E-state index in [2.05, 4.69) is 6.92 Å². The van der Waals surface area contributed by atoms with E-state index in [-0.39, 0.29) is 5.78 Å². The first-order valence-electron chi connectivity index (χ1n) is 6.37.